The molecule has 29 heavy (non-hydrogen) atoms. The summed E-state index contributed by atoms with van der Waals surface area (Å²) < 4.78 is 13.4. The van der Waals surface area contributed by atoms with Crippen LogP contribution in [0.15, 0.2) is 60.8 Å². The highest BCUT2D eigenvalue weighted by Gasteiger charge is 2.20. The van der Waals surface area contributed by atoms with Crippen LogP contribution in [-0.4, -0.2) is 32.7 Å². The zero-order valence-corrected chi connectivity index (χ0v) is 15.6. The molecule has 0 radical (unpaired) electrons. The topological polar surface area (TPSA) is 93.9 Å². The van der Waals surface area contributed by atoms with Crippen LogP contribution in [-0.2, 0) is 19.7 Å². The third kappa shape index (κ3) is 4.77. The fraction of sp³-hybridized carbons (Fsp3) is 0.182. The predicted molar refractivity (Wildman–Crippen MR) is 106 cm³/mol. The SMILES string of the molecule is O=C(CO)c1ncc(CN(Cc2ccccc2)c2ccc(F)cc2)c(CO)c1O. The van der Waals surface area contributed by atoms with E-state index in [2.05, 4.69) is 4.98 Å². The molecule has 3 N–H and O–H groups in total. The number of ketones is 1. The molecule has 3 rings (SSSR count). The molecule has 0 aliphatic heterocycles. The second kappa shape index (κ2) is 9.27. The van der Waals surface area contributed by atoms with Gasteiger partial charge in [0.25, 0.3) is 0 Å². The van der Waals surface area contributed by atoms with Crippen molar-refractivity contribution in [2.45, 2.75) is 19.7 Å². The minimum Gasteiger partial charge on any atom is -0.505 e. The first kappa shape index (κ1) is 20.4. The molecule has 0 aliphatic carbocycles. The summed E-state index contributed by atoms with van der Waals surface area (Å²) in [5.41, 5.74) is 2.16. The predicted octanol–water partition coefficient (Wildman–Crippen LogP) is 2.80. The van der Waals surface area contributed by atoms with Crippen molar-refractivity contribution in [3.05, 3.63) is 89.0 Å². The lowest BCUT2D eigenvalue weighted by Crippen LogP contribution is -2.23. The smallest absolute Gasteiger partial charge is 0.210 e. The third-order valence-electron chi connectivity index (χ3n) is 4.58. The second-order valence-corrected chi connectivity index (χ2v) is 6.52. The van der Waals surface area contributed by atoms with E-state index in [1.54, 1.807) is 12.1 Å². The Labute approximate surface area is 167 Å². The molecular formula is C22H21FN2O4. The van der Waals surface area contributed by atoms with Crippen LogP contribution in [0.3, 0.4) is 0 Å². The van der Waals surface area contributed by atoms with Gasteiger partial charge in [0.2, 0.25) is 5.78 Å². The van der Waals surface area contributed by atoms with E-state index in [-0.39, 0.29) is 23.6 Å². The Morgan fingerprint density at radius 3 is 2.31 bits per heavy atom. The van der Waals surface area contributed by atoms with Crippen molar-refractivity contribution in [3.8, 4) is 5.75 Å². The Balaban J connectivity index is 1.98. The van der Waals surface area contributed by atoms with Crippen LogP contribution in [0.5, 0.6) is 5.75 Å². The fourth-order valence-corrected chi connectivity index (χ4v) is 3.07. The van der Waals surface area contributed by atoms with Gasteiger partial charge < -0.3 is 20.2 Å². The number of nitrogens with zero attached hydrogens (tertiary/aromatic N) is 2. The highest BCUT2D eigenvalue weighted by molar-refractivity contribution is 5.97. The molecule has 7 heteroatoms. The first-order valence-electron chi connectivity index (χ1n) is 9.02. The molecule has 0 aliphatic rings. The van der Waals surface area contributed by atoms with Gasteiger partial charge in [0, 0.05) is 30.5 Å². The van der Waals surface area contributed by atoms with Gasteiger partial charge in [0.05, 0.1) is 6.61 Å². The van der Waals surface area contributed by atoms with Crippen LogP contribution < -0.4 is 4.90 Å². The molecule has 1 aromatic heterocycles. The van der Waals surface area contributed by atoms with Crippen LogP contribution in [0.1, 0.15) is 27.2 Å². The average Bonchev–Trinajstić information content (AvgIpc) is 2.74. The average molecular weight is 396 g/mol. The summed E-state index contributed by atoms with van der Waals surface area (Å²) in [4.78, 5) is 17.6. The van der Waals surface area contributed by atoms with Gasteiger partial charge in [-0.1, -0.05) is 30.3 Å². The van der Waals surface area contributed by atoms with E-state index in [0.29, 0.717) is 12.1 Å². The van der Waals surface area contributed by atoms with E-state index in [0.717, 1.165) is 11.3 Å². The van der Waals surface area contributed by atoms with E-state index in [1.165, 1.54) is 18.3 Å². The molecule has 0 atom stereocenters. The number of aromatic nitrogens is 1. The summed E-state index contributed by atoms with van der Waals surface area (Å²) in [6.45, 7) is -0.543. The maximum absolute atomic E-state index is 13.4. The van der Waals surface area contributed by atoms with E-state index in [1.807, 2.05) is 35.2 Å². The number of aliphatic hydroxyl groups excluding tert-OH is 2. The Morgan fingerprint density at radius 1 is 1.00 bits per heavy atom. The lowest BCUT2D eigenvalue weighted by Gasteiger charge is -2.26. The van der Waals surface area contributed by atoms with E-state index in [4.69, 9.17) is 5.11 Å². The number of carbonyl (C=O) groups excluding carboxylic acids is 1. The van der Waals surface area contributed by atoms with Gasteiger partial charge in [-0.3, -0.25) is 4.79 Å². The number of pyridine rings is 1. The van der Waals surface area contributed by atoms with Crippen LogP contribution >= 0.6 is 0 Å². The van der Waals surface area contributed by atoms with Gasteiger partial charge in [0.1, 0.15) is 12.4 Å². The quantitative estimate of drug-likeness (QED) is 0.507. The number of carbonyl (C=O) groups is 1. The van der Waals surface area contributed by atoms with Crippen LogP contribution in [0.4, 0.5) is 10.1 Å². The van der Waals surface area contributed by atoms with Gasteiger partial charge in [-0.2, -0.15) is 0 Å². The highest BCUT2D eigenvalue weighted by atomic mass is 19.1. The number of halogens is 1. The molecule has 6 nitrogen and oxygen atoms in total. The van der Waals surface area contributed by atoms with Crippen molar-refractivity contribution >= 4 is 11.5 Å². The number of hydrogen-bond acceptors (Lipinski definition) is 6. The fourth-order valence-electron chi connectivity index (χ4n) is 3.07. The Kier molecular flexibility index (Phi) is 6.54. The molecule has 2 aromatic carbocycles. The summed E-state index contributed by atoms with van der Waals surface area (Å²) in [5, 5.41) is 29.1. The maximum atomic E-state index is 13.4. The summed E-state index contributed by atoms with van der Waals surface area (Å²) in [6, 6.07) is 15.7. The maximum Gasteiger partial charge on any atom is 0.210 e. The number of benzene rings is 2. The van der Waals surface area contributed by atoms with E-state index in [9.17, 15) is 19.4 Å². The summed E-state index contributed by atoms with van der Waals surface area (Å²) >= 11 is 0. The molecule has 3 aromatic rings. The lowest BCUT2D eigenvalue weighted by atomic mass is 10.0. The monoisotopic (exact) mass is 396 g/mol. The van der Waals surface area contributed by atoms with Gasteiger partial charge in [-0.15, -0.1) is 0 Å². The Morgan fingerprint density at radius 2 is 1.69 bits per heavy atom. The molecule has 0 saturated heterocycles. The zero-order valence-electron chi connectivity index (χ0n) is 15.6. The van der Waals surface area contributed by atoms with Crippen molar-refractivity contribution in [1.29, 1.82) is 0 Å². The molecule has 0 bridgehead atoms. The molecular weight excluding hydrogens is 375 g/mol. The summed E-state index contributed by atoms with van der Waals surface area (Å²) in [5.74, 6) is -1.53. The molecule has 0 saturated carbocycles. The molecule has 0 amide bonds. The summed E-state index contributed by atoms with van der Waals surface area (Å²) in [6.07, 6.45) is 1.40. The molecule has 150 valence electrons. The van der Waals surface area contributed by atoms with Crippen LogP contribution in [0, 0.1) is 5.82 Å². The first-order valence-corrected chi connectivity index (χ1v) is 9.02. The highest BCUT2D eigenvalue weighted by Crippen LogP contribution is 2.28. The van der Waals surface area contributed by atoms with Crippen LogP contribution in [0.25, 0.3) is 0 Å². The molecule has 1 heterocycles. The largest absolute Gasteiger partial charge is 0.505 e. The van der Waals surface area contributed by atoms with Crippen molar-refractivity contribution in [2.75, 3.05) is 11.5 Å². The summed E-state index contributed by atoms with van der Waals surface area (Å²) in [7, 11) is 0. The van der Waals surface area contributed by atoms with Crippen molar-refractivity contribution in [2.24, 2.45) is 0 Å². The van der Waals surface area contributed by atoms with Gasteiger partial charge >= 0.3 is 0 Å². The van der Waals surface area contributed by atoms with Gasteiger partial charge in [-0.25, -0.2) is 9.37 Å². The molecule has 0 fully saturated rings. The van der Waals surface area contributed by atoms with E-state index >= 15 is 0 Å². The number of aromatic hydroxyl groups is 1. The number of anilines is 1. The van der Waals surface area contributed by atoms with Crippen molar-refractivity contribution in [3.63, 3.8) is 0 Å². The normalized spacial score (nSPS) is 10.7. The first-order chi connectivity index (χ1) is 14.0. The second-order valence-electron chi connectivity index (χ2n) is 6.52. The Hall–Kier alpha value is -3.29. The van der Waals surface area contributed by atoms with Crippen molar-refractivity contribution in [1.82, 2.24) is 4.98 Å². The number of hydrogen-bond donors (Lipinski definition) is 3. The minimum absolute atomic E-state index is 0.164. The number of Topliss-reactive ketones (excluding diaryl/α,β-unsaturated/α-hetero) is 1. The molecule has 0 unspecified atom stereocenters. The minimum atomic E-state index is -0.791. The van der Waals surface area contributed by atoms with E-state index < -0.39 is 24.7 Å². The lowest BCUT2D eigenvalue weighted by molar-refractivity contribution is 0.0895. The van der Waals surface area contributed by atoms with Crippen LogP contribution in [0.2, 0.25) is 0 Å². The number of aliphatic hydroxyl groups is 2. The van der Waals surface area contributed by atoms with Gasteiger partial charge in [0.15, 0.2) is 11.4 Å². The zero-order chi connectivity index (χ0) is 20.8. The standard InChI is InChI=1S/C22H21FN2O4/c23-17-6-8-18(9-7-17)25(11-15-4-2-1-3-5-15)12-16-10-24-21(20(28)14-27)22(29)19(16)13-26/h1-10,26-27,29H,11-14H2. The third-order valence-corrected chi connectivity index (χ3v) is 4.58. The number of rotatable bonds is 8. The molecule has 0 spiro atoms. The van der Waals surface area contributed by atoms with Crippen molar-refractivity contribution < 1.29 is 24.5 Å². The van der Waals surface area contributed by atoms with Gasteiger partial charge in [-0.05, 0) is 35.4 Å². The Bertz CT molecular complexity index is 978.